The van der Waals surface area contributed by atoms with Gasteiger partial charge in [-0.25, -0.2) is 9.97 Å². The molecule has 0 aliphatic rings. The van der Waals surface area contributed by atoms with Gasteiger partial charge in [0.2, 0.25) is 5.95 Å². The van der Waals surface area contributed by atoms with E-state index < -0.39 is 0 Å². The number of rotatable bonds is 5. The predicted molar refractivity (Wildman–Crippen MR) is 199 cm³/mol. The average molecular weight is 649 g/mol. The van der Waals surface area contributed by atoms with Crippen molar-refractivity contribution < 1.29 is 9.47 Å². The van der Waals surface area contributed by atoms with Crippen LogP contribution >= 0.6 is 0 Å². The quantitative estimate of drug-likeness (QED) is 0.173. The molecule has 8 nitrogen and oxygen atoms in total. The van der Waals surface area contributed by atoms with Gasteiger partial charge in [0.25, 0.3) is 0 Å². The summed E-state index contributed by atoms with van der Waals surface area (Å²) in [5, 5.41) is 5.65. The van der Waals surface area contributed by atoms with E-state index in [2.05, 4.69) is 87.8 Å². The van der Waals surface area contributed by atoms with Gasteiger partial charge in [-0.1, -0.05) is 54.6 Å². The Kier molecular flexibility index (Phi) is 6.13. The van der Waals surface area contributed by atoms with E-state index in [9.17, 15) is 0 Å². The summed E-state index contributed by atoms with van der Waals surface area (Å²) in [4.78, 5) is 20.4. The summed E-state index contributed by atoms with van der Waals surface area (Å²) in [5.74, 6) is 3.17. The molecule has 0 radical (unpaired) electrons. The van der Waals surface area contributed by atoms with Crippen molar-refractivity contribution in [3.05, 3.63) is 133 Å². The Labute approximate surface area is 285 Å². The summed E-state index contributed by atoms with van der Waals surface area (Å²) < 4.78 is 15.3. The Morgan fingerprint density at radius 2 is 1.00 bits per heavy atom. The second-order valence-electron chi connectivity index (χ2n) is 12.3. The molecule has 0 atom stereocenters. The molecule has 0 spiro atoms. The first kappa shape index (κ1) is 28.2. The standard InChI is InChI=1S/C42H28N6O2/c1-49-27-19-15-25(16-20-27)39-44-40(26-17-21-28(50-2)22-18-26)46-42(45-39)48-35-13-7-5-10-30(35)33-23-32-29-9-3-4-11-31(29)41-43-34-12-6-8-14-36(34)47(41)37(32)24-38(33)48/h3-24H,1-2H3. The molecule has 10 aromatic rings. The van der Waals surface area contributed by atoms with E-state index in [-0.39, 0.29) is 0 Å². The lowest BCUT2D eigenvalue weighted by molar-refractivity contribution is 0.415. The summed E-state index contributed by atoms with van der Waals surface area (Å²) >= 11 is 0. The van der Waals surface area contributed by atoms with Crippen LogP contribution in [0.15, 0.2) is 133 Å². The van der Waals surface area contributed by atoms with Gasteiger partial charge in [0.1, 0.15) is 17.1 Å². The molecule has 4 aromatic heterocycles. The number of methoxy groups -OCH3 is 2. The van der Waals surface area contributed by atoms with E-state index in [0.29, 0.717) is 17.6 Å². The van der Waals surface area contributed by atoms with Crippen LogP contribution in [0.3, 0.4) is 0 Å². The van der Waals surface area contributed by atoms with E-state index in [0.717, 1.165) is 82.8 Å². The number of aromatic nitrogens is 6. The fourth-order valence-corrected chi connectivity index (χ4v) is 7.19. The summed E-state index contributed by atoms with van der Waals surface area (Å²) in [6.07, 6.45) is 0. The minimum atomic E-state index is 0.523. The molecule has 10 rings (SSSR count). The Morgan fingerprint density at radius 1 is 0.440 bits per heavy atom. The third-order valence-electron chi connectivity index (χ3n) is 9.57. The third kappa shape index (κ3) is 4.18. The van der Waals surface area contributed by atoms with E-state index in [1.54, 1.807) is 14.2 Å². The highest BCUT2D eigenvalue weighted by Gasteiger charge is 2.21. The number of fused-ring (bicyclic) bond motifs is 11. The summed E-state index contributed by atoms with van der Waals surface area (Å²) in [7, 11) is 3.32. The highest BCUT2D eigenvalue weighted by atomic mass is 16.5. The normalized spacial score (nSPS) is 11.8. The van der Waals surface area contributed by atoms with Crippen LogP contribution in [0.5, 0.6) is 11.5 Å². The number of benzene rings is 6. The average Bonchev–Trinajstić information content (AvgIpc) is 3.73. The zero-order valence-corrected chi connectivity index (χ0v) is 27.2. The molecule has 0 saturated carbocycles. The predicted octanol–water partition coefficient (Wildman–Crippen LogP) is 9.43. The molecule has 0 aliphatic heterocycles. The molecule has 50 heavy (non-hydrogen) atoms. The van der Waals surface area contributed by atoms with Gasteiger partial charge in [0, 0.05) is 32.7 Å². The van der Waals surface area contributed by atoms with Crippen LogP contribution in [0.2, 0.25) is 0 Å². The van der Waals surface area contributed by atoms with Crippen LogP contribution in [-0.4, -0.2) is 43.1 Å². The second-order valence-corrected chi connectivity index (χ2v) is 12.3. The van der Waals surface area contributed by atoms with Crippen LogP contribution < -0.4 is 9.47 Å². The van der Waals surface area contributed by atoms with Gasteiger partial charge in [-0.2, -0.15) is 9.97 Å². The largest absolute Gasteiger partial charge is 0.497 e. The number of para-hydroxylation sites is 3. The number of hydrogen-bond donors (Lipinski definition) is 0. The van der Waals surface area contributed by atoms with Crippen molar-refractivity contribution in [1.29, 1.82) is 0 Å². The molecular formula is C42H28N6O2. The smallest absolute Gasteiger partial charge is 0.238 e. The number of hydrogen-bond acceptors (Lipinski definition) is 6. The minimum Gasteiger partial charge on any atom is -0.497 e. The molecule has 0 unspecified atom stereocenters. The van der Waals surface area contributed by atoms with Crippen molar-refractivity contribution >= 4 is 60.2 Å². The van der Waals surface area contributed by atoms with E-state index in [1.165, 1.54) is 0 Å². The molecule has 238 valence electrons. The number of pyridine rings is 1. The molecule has 0 fully saturated rings. The third-order valence-corrected chi connectivity index (χ3v) is 9.57. The van der Waals surface area contributed by atoms with Crippen molar-refractivity contribution in [3.63, 3.8) is 0 Å². The van der Waals surface area contributed by atoms with Crippen LogP contribution in [-0.2, 0) is 0 Å². The molecule has 4 heterocycles. The molecule has 0 saturated heterocycles. The van der Waals surface area contributed by atoms with Gasteiger partial charge in [-0.3, -0.25) is 8.97 Å². The lowest BCUT2D eigenvalue weighted by Crippen LogP contribution is -2.06. The van der Waals surface area contributed by atoms with Crippen molar-refractivity contribution in [2.24, 2.45) is 0 Å². The number of ether oxygens (including phenoxy) is 2. The Bertz CT molecular complexity index is 2880. The van der Waals surface area contributed by atoms with E-state index in [4.69, 9.17) is 29.4 Å². The van der Waals surface area contributed by atoms with Gasteiger partial charge in [-0.05, 0) is 84.2 Å². The minimum absolute atomic E-state index is 0.523. The fraction of sp³-hybridized carbons (Fsp3) is 0.0476. The lowest BCUT2D eigenvalue weighted by Gasteiger charge is -2.13. The Morgan fingerprint density at radius 3 is 1.66 bits per heavy atom. The van der Waals surface area contributed by atoms with Crippen molar-refractivity contribution in [3.8, 4) is 40.2 Å². The number of nitrogens with zero attached hydrogens (tertiary/aromatic N) is 6. The van der Waals surface area contributed by atoms with Crippen LogP contribution in [0.4, 0.5) is 0 Å². The zero-order valence-electron chi connectivity index (χ0n) is 27.2. The maximum absolute atomic E-state index is 5.44. The molecule has 0 N–H and O–H groups in total. The highest BCUT2D eigenvalue weighted by molar-refractivity contribution is 6.20. The number of imidazole rings is 1. The second kappa shape index (κ2) is 10.9. The fourth-order valence-electron chi connectivity index (χ4n) is 7.19. The van der Waals surface area contributed by atoms with Gasteiger partial charge in [-0.15, -0.1) is 0 Å². The Hall–Kier alpha value is -6.80. The molecule has 0 bridgehead atoms. The first-order valence-electron chi connectivity index (χ1n) is 16.4. The van der Waals surface area contributed by atoms with E-state index in [1.807, 2.05) is 54.6 Å². The summed E-state index contributed by atoms with van der Waals surface area (Å²) in [6.45, 7) is 0. The van der Waals surface area contributed by atoms with Crippen molar-refractivity contribution in [2.45, 2.75) is 0 Å². The first-order chi connectivity index (χ1) is 24.7. The van der Waals surface area contributed by atoms with Crippen LogP contribution in [0.25, 0.3) is 88.9 Å². The van der Waals surface area contributed by atoms with Crippen molar-refractivity contribution in [2.75, 3.05) is 14.2 Å². The lowest BCUT2D eigenvalue weighted by atomic mass is 10.0. The molecule has 6 aromatic carbocycles. The molecular weight excluding hydrogens is 621 g/mol. The first-order valence-corrected chi connectivity index (χ1v) is 16.4. The van der Waals surface area contributed by atoms with Crippen LogP contribution in [0, 0.1) is 0 Å². The topological polar surface area (TPSA) is 79.4 Å². The van der Waals surface area contributed by atoms with Gasteiger partial charge >= 0.3 is 0 Å². The van der Waals surface area contributed by atoms with Crippen LogP contribution in [0.1, 0.15) is 0 Å². The molecule has 8 heteroatoms. The van der Waals surface area contributed by atoms with Gasteiger partial charge in [0.15, 0.2) is 11.6 Å². The summed E-state index contributed by atoms with van der Waals surface area (Å²) in [6, 6.07) is 45.4. The van der Waals surface area contributed by atoms with Crippen molar-refractivity contribution in [1.82, 2.24) is 28.9 Å². The molecule has 0 amide bonds. The SMILES string of the molecule is COc1ccc(-c2nc(-c3ccc(OC)cc3)nc(-n3c4ccccc4c4cc5c6ccccc6c6nc7ccccc7n6c5cc43)n2)cc1. The maximum Gasteiger partial charge on any atom is 0.238 e. The maximum atomic E-state index is 5.44. The van der Waals surface area contributed by atoms with Gasteiger partial charge < -0.3 is 9.47 Å². The van der Waals surface area contributed by atoms with Gasteiger partial charge in [0.05, 0.1) is 41.8 Å². The summed E-state index contributed by atoms with van der Waals surface area (Å²) in [5.41, 5.74) is 7.70. The highest BCUT2D eigenvalue weighted by Crippen LogP contribution is 2.39. The Balaban J connectivity index is 1.33. The van der Waals surface area contributed by atoms with E-state index >= 15 is 0 Å². The zero-order chi connectivity index (χ0) is 33.3. The monoisotopic (exact) mass is 648 g/mol. The molecule has 0 aliphatic carbocycles.